The van der Waals surface area contributed by atoms with Crippen LogP contribution in [0.3, 0.4) is 0 Å². The van der Waals surface area contributed by atoms with E-state index in [1.54, 1.807) is 0 Å². The third kappa shape index (κ3) is 5.76. The minimum atomic E-state index is -0.224. The summed E-state index contributed by atoms with van der Waals surface area (Å²) in [6, 6.07) is 16.4. The molecule has 2 aromatic carbocycles. The van der Waals surface area contributed by atoms with E-state index in [9.17, 15) is 4.79 Å². The molecule has 1 unspecified atom stereocenters. The first-order valence-electron chi connectivity index (χ1n) is 12.1. The fraction of sp³-hybridized carbons (Fsp3) is 0.500. The van der Waals surface area contributed by atoms with Gasteiger partial charge in [0, 0.05) is 29.9 Å². The third-order valence-electron chi connectivity index (χ3n) is 6.82. The largest absolute Gasteiger partial charge is 0.493 e. The van der Waals surface area contributed by atoms with E-state index in [0.29, 0.717) is 32.2 Å². The lowest BCUT2D eigenvalue weighted by atomic mass is 9.80. The van der Waals surface area contributed by atoms with Crippen LogP contribution in [-0.4, -0.2) is 42.4 Å². The number of hydrogen-bond donors (Lipinski definition) is 0. The monoisotopic (exact) mass is 448 g/mol. The topological polar surface area (TPSA) is 51.1 Å². The molecule has 0 N–H and O–H groups in total. The summed E-state index contributed by atoms with van der Waals surface area (Å²) in [6.45, 7) is 11.3. The van der Waals surface area contributed by atoms with Gasteiger partial charge in [0.25, 0.3) is 0 Å². The summed E-state index contributed by atoms with van der Waals surface area (Å²) in [5.74, 6) is 1.43. The highest BCUT2D eigenvalue weighted by atomic mass is 16.6. The minimum Gasteiger partial charge on any atom is -0.493 e. The van der Waals surface area contributed by atoms with Crippen LogP contribution in [-0.2, 0) is 17.8 Å². The fourth-order valence-corrected chi connectivity index (χ4v) is 4.59. The summed E-state index contributed by atoms with van der Waals surface area (Å²) >= 11 is 0. The van der Waals surface area contributed by atoms with Crippen molar-refractivity contribution in [1.29, 1.82) is 0 Å². The number of piperidine rings is 1. The molecular weight excluding hydrogens is 412 g/mol. The Balaban J connectivity index is 1.29. The van der Waals surface area contributed by atoms with Gasteiger partial charge in [-0.25, -0.2) is 4.79 Å². The van der Waals surface area contributed by atoms with Gasteiger partial charge in [-0.3, -0.25) is 4.99 Å². The second-order valence-corrected chi connectivity index (χ2v) is 10.4. The third-order valence-corrected chi connectivity index (χ3v) is 6.82. The maximum atomic E-state index is 12.4. The normalized spacial score (nSPS) is 19.0. The molecule has 2 aliphatic rings. The number of ether oxygens (including phenoxy) is 2. The zero-order valence-electron chi connectivity index (χ0n) is 20.3. The number of likely N-dealkylation sites (tertiary alicyclic amines) is 1. The summed E-state index contributed by atoms with van der Waals surface area (Å²) in [6.07, 6.45) is 2.55. The minimum absolute atomic E-state index is 0.119. The van der Waals surface area contributed by atoms with E-state index in [2.05, 4.69) is 45.9 Å². The molecule has 0 aliphatic carbocycles. The first-order valence-corrected chi connectivity index (χ1v) is 12.1. The molecule has 2 heterocycles. The molecule has 1 atom stereocenters. The predicted octanol–water partition coefficient (Wildman–Crippen LogP) is 5.89. The number of nitrogens with zero attached hydrogens (tertiary/aromatic N) is 2. The van der Waals surface area contributed by atoms with Crippen LogP contribution in [0.1, 0.15) is 57.2 Å². The number of fused-ring (bicyclic) bond motifs is 1. The molecule has 2 aromatic rings. The highest BCUT2D eigenvalue weighted by Gasteiger charge is 2.31. The zero-order chi connectivity index (χ0) is 23.4. The Labute approximate surface area is 197 Å². The standard InChI is InChI=1S/C28H36N2O3/c1-20-23-11-8-12-25(24(23)17-26(29-20)28(2,3)4)32-18-22-13-15-30(16-14-22)27(31)33-19-21-9-6-5-7-10-21/h5-12,22,26H,13-19H2,1-4H3. The molecule has 0 radical (unpaired) electrons. The molecule has 0 saturated carbocycles. The summed E-state index contributed by atoms with van der Waals surface area (Å²) in [5.41, 5.74) is 4.72. The van der Waals surface area contributed by atoms with Crippen LogP contribution >= 0.6 is 0 Å². The summed E-state index contributed by atoms with van der Waals surface area (Å²) < 4.78 is 11.9. The van der Waals surface area contributed by atoms with Crippen molar-refractivity contribution < 1.29 is 14.3 Å². The average molecular weight is 449 g/mol. The van der Waals surface area contributed by atoms with Gasteiger partial charge >= 0.3 is 6.09 Å². The second-order valence-electron chi connectivity index (χ2n) is 10.4. The quantitative estimate of drug-likeness (QED) is 0.573. The number of rotatable bonds is 5. The molecule has 0 spiro atoms. The Morgan fingerprint density at radius 1 is 1.06 bits per heavy atom. The molecule has 4 rings (SSSR count). The van der Waals surface area contributed by atoms with Crippen molar-refractivity contribution in [3.63, 3.8) is 0 Å². The van der Waals surface area contributed by atoms with Crippen molar-refractivity contribution in [1.82, 2.24) is 4.90 Å². The maximum Gasteiger partial charge on any atom is 0.410 e. The number of carbonyl (C=O) groups excluding carboxylic acids is 1. The second kappa shape index (κ2) is 9.98. The van der Waals surface area contributed by atoms with E-state index < -0.39 is 0 Å². The summed E-state index contributed by atoms with van der Waals surface area (Å²) in [5, 5.41) is 0. The lowest BCUT2D eigenvalue weighted by Gasteiger charge is -2.33. The highest BCUT2D eigenvalue weighted by molar-refractivity contribution is 6.01. The molecule has 176 valence electrons. The van der Waals surface area contributed by atoms with E-state index in [-0.39, 0.29) is 17.6 Å². The van der Waals surface area contributed by atoms with Gasteiger partial charge < -0.3 is 14.4 Å². The van der Waals surface area contributed by atoms with Crippen molar-refractivity contribution in [2.45, 2.75) is 59.6 Å². The highest BCUT2D eigenvalue weighted by Crippen LogP contribution is 2.35. The number of amides is 1. The molecule has 5 heteroatoms. The van der Waals surface area contributed by atoms with Crippen molar-refractivity contribution >= 4 is 11.8 Å². The van der Waals surface area contributed by atoms with Gasteiger partial charge in [0.1, 0.15) is 12.4 Å². The number of aliphatic imine (C=N–C) groups is 1. The van der Waals surface area contributed by atoms with Crippen LogP contribution in [0.25, 0.3) is 0 Å². The Bertz CT molecular complexity index is 986. The predicted molar refractivity (Wildman–Crippen MR) is 132 cm³/mol. The molecule has 1 saturated heterocycles. The fourth-order valence-electron chi connectivity index (χ4n) is 4.59. The van der Waals surface area contributed by atoms with Crippen molar-refractivity contribution in [2.24, 2.45) is 16.3 Å². The van der Waals surface area contributed by atoms with Crippen LogP contribution in [0.2, 0.25) is 0 Å². The number of benzene rings is 2. The van der Waals surface area contributed by atoms with E-state index in [1.165, 1.54) is 11.1 Å². The van der Waals surface area contributed by atoms with Gasteiger partial charge in [0.05, 0.1) is 12.6 Å². The molecular formula is C28H36N2O3. The van der Waals surface area contributed by atoms with Gasteiger partial charge in [-0.15, -0.1) is 0 Å². The van der Waals surface area contributed by atoms with E-state index in [0.717, 1.165) is 36.3 Å². The van der Waals surface area contributed by atoms with Crippen molar-refractivity contribution in [2.75, 3.05) is 19.7 Å². The van der Waals surface area contributed by atoms with Crippen LogP contribution in [0.15, 0.2) is 53.5 Å². The molecule has 0 bridgehead atoms. The Hall–Kier alpha value is -2.82. The van der Waals surface area contributed by atoms with E-state index in [1.807, 2.05) is 35.2 Å². The SMILES string of the molecule is CC1=NC(C(C)(C)C)Cc2c(OCC3CCN(C(=O)OCc4ccccc4)CC3)cccc21. The first kappa shape index (κ1) is 23.3. The molecule has 33 heavy (non-hydrogen) atoms. The van der Waals surface area contributed by atoms with Crippen molar-refractivity contribution in [3.05, 3.63) is 65.2 Å². The number of carbonyl (C=O) groups is 1. The van der Waals surface area contributed by atoms with Crippen LogP contribution in [0.4, 0.5) is 4.79 Å². The van der Waals surface area contributed by atoms with Crippen LogP contribution in [0, 0.1) is 11.3 Å². The van der Waals surface area contributed by atoms with Gasteiger partial charge in [-0.1, -0.05) is 63.2 Å². The Kier molecular flexibility index (Phi) is 7.06. The molecule has 1 amide bonds. The molecule has 5 nitrogen and oxygen atoms in total. The van der Waals surface area contributed by atoms with Gasteiger partial charge in [0.15, 0.2) is 0 Å². The molecule has 2 aliphatic heterocycles. The van der Waals surface area contributed by atoms with Crippen LogP contribution in [0.5, 0.6) is 5.75 Å². The summed E-state index contributed by atoms with van der Waals surface area (Å²) in [4.78, 5) is 19.2. The van der Waals surface area contributed by atoms with Crippen LogP contribution < -0.4 is 4.74 Å². The average Bonchev–Trinajstić information content (AvgIpc) is 2.81. The number of hydrogen-bond acceptors (Lipinski definition) is 4. The zero-order valence-corrected chi connectivity index (χ0v) is 20.3. The lowest BCUT2D eigenvalue weighted by Crippen LogP contribution is -2.40. The Morgan fingerprint density at radius 2 is 1.79 bits per heavy atom. The molecule has 1 fully saturated rings. The van der Waals surface area contributed by atoms with Crippen molar-refractivity contribution in [3.8, 4) is 5.75 Å². The Morgan fingerprint density at radius 3 is 2.48 bits per heavy atom. The van der Waals surface area contributed by atoms with Gasteiger partial charge in [-0.05, 0) is 49.1 Å². The van der Waals surface area contributed by atoms with E-state index in [4.69, 9.17) is 14.5 Å². The lowest BCUT2D eigenvalue weighted by molar-refractivity contribution is 0.0760. The first-order chi connectivity index (χ1) is 15.8. The smallest absolute Gasteiger partial charge is 0.410 e. The maximum absolute atomic E-state index is 12.4. The summed E-state index contributed by atoms with van der Waals surface area (Å²) in [7, 11) is 0. The van der Waals surface area contributed by atoms with Gasteiger partial charge in [-0.2, -0.15) is 0 Å². The molecule has 0 aromatic heterocycles. The van der Waals surface area contributed by atoms with E-state index >= 15 is 0 Å². The van der Waals surface area contributed by atoms with Gasteiger partial charge in [0.2, 0.25) is 0 Å².